The van der Waals surface area contributed by atoms with Gasteiger partial charge in [-0.3, -0.25) is 4.57 Å². The van der Waals surface area contributed by atoms with Gasteiger partial charge in [-0.2, -0.15) is 4.98 Å². The largest absolute Gasteiger partial charge is 0.494 e. The third-order valence-corrected chi connectivity index (χ3v) is 5.33. The van der Waals surface area contributed by atoms with E-state index in [-0.39, 0.29) is 23.9 Å². The number of aryl methyl sites for hydroxylation is 1. The van der Waals surface area contributed by atoms with Gasteiger partial charge in [-0.15, -0.1) is 0 Å². The molecule has 1 fully saturated rings. The molecule has 1 heterocycles. The summed E-state index contributed by atoms with van der Waals surface area (Å²) in [4.78, 5) is 15.5. The molecule has 3 rings (SSSR count). The second-order valence-corrected chi connectivity index (χ2v) is 8.02. The van der Waals surface area contributed by atoms with Crippen LogP contribution in [-0.4, -0.2) is 40.8 Å². The number of fused-ring (bicyclic) bond motifs is 1. The first kappa shape index (κ1) is 21.6. The number of nitrogens with zero attached hydrogens (tertiary/aromatic N) is 2. The molecule has 0 saturated heterocycles. The number of carbonyl (C=O) groups excluding carboxylic acids is 1. The molecule has 6 nitrogen and oxygen atoms in total. The highest BCUT2D eigenvalue weighted by Crippen LogP contribution is 2.30. The lowest BCUT2D eigenvalue weighted by Crippen LogP contribution is -2.30. The van der Waals surface area contributed by atoms with Gasteiger partial charge in [0.05, 0.1) is 18.2 Å². The van der Waals surface area contributed by atoms with Crippen molar-refractivity contribution in [2.75, 3.05) is 13.2 Å². The van der Waals surface area contributed by atoms with E-state index < -0.39 is 5.82 Å². The first-order valence-corrected chi connectivity index (χ1v) is 10.4. The monoisotopic (exact) mass is 406 g/mol. The Morgan fingerprint density at radius 3 is 2.62 bits per heavy atom. The van der Waals surface area contributed by atoms with Crippen molar-refractivity contribution in [3.63, 3.8) is 0 Å². The SMILES string of the molecule is CCOc1cc(F)c2nc(OC3CCC(OC[C@H](C)CC(C)=O)CC3)n(C)c2c1. The second-order valence-electron chi connectivity index (χ2n) is 8.02. The van der Waals surface area contributed by atoms with Crippen molar-refractivity contribution in [3.05, 3.63) is 17.9 Å². The standard InChI is InChI=1S/C22H31FN2O4/c1-5-27-18-11-19(23)21-20(12-18)25(4)22(24-21)29-17-8-6-16(7-9-17)28-13-14(2)10-15(3)26/h11-12,14,16-17H,5-10,13H2,1-4H3/t14-,16?,17?/m1/s1. The summed E-state index contributed by atoms with van der Waals surface area (Å²) in [5, 5.41) is 0. The minimum absolute atomic E-state index is 0.0365. The molecular weight excluding hydrogens is 375 g/mol. The Balaban J connectivity index is 1.56. The summed E-state index contributed by atoms with van der Waals surface area (Å²) in [5.74, 6) is 0.528. The summed E-state index contributed by atoms with van der Waals surface area (Å²) >= 11 is 0. The number of Topliss-reactive ketones (excluding diaryl/α,β-unsaturated/α-hetero) is 1. The van der Waals surface area contributed by atoms with E-state index in [1.807, 2.05) is 20.9 Å². The molecule has 0 amide bonds. The maximum atomic E-state index is 14.4. The quantitative estimate of drug-likeness (QED) is 0.616. The average molecular weight is 406 g/mol. The number of aromatic nitrogens is 2. The molecule has 0 radical (unpaired) electrons. The number of hydrogen-bond acceptors (Lipinski definition) is 5. The normalized spacial score (nSPS) is 20.6. The van der Waals surface area contributed by atoms with Crippen LogP contribution in [0.15, 0.2) is 12.1 Å². The van der Waals surface area contributed by atoms with Gasteiger partial charge >= 0.3 is 0 Å². The summed E-state index contributed by atoms with van der Waals surface area (Å²) < 4.78 is 33.6. The smallest absolute Gasteiger partial charge is 0.297 e. The van der Waals surface area contributed by atoms with Gasteiger partial charge in [0, 0.05) is 32.2 Å². The second kappa shape index (κ2) is 9.57. The molecule has 1 atom stereocenters. The zero-order valence-electron chi connectivity index (χ0n) is 17.7. The van der Waals surface area contributed by atoms with Crippen molar-refractivity contribution in [1.29, 1.82) is 0 Å². The van der Waals surface area contributed by atoms with Crippen LogP contribution in [0.25, 0.3) is 11.0 Å². The Hall–Kier alpha value is -2.15. The van der Waals surface area contributed by atoms with Crippen molar-refractivity contribution in [1.82, 2.24) is 9.55 Å². The highest BCUT2D eigenvalue weighted by Gasteiger charge is 2.25. The molecule has 1 aromatic carbocycles. The molecule has 0 unspecified atom stereocenters. The van der Waals surface area contributed by atoms with E-state index in [1.165, 1.54) is 6.07 Å². The van der Waals surface area contributed by atoms with Crippen molar-refractivity contribution in [2.24, 2.45) is 13.0 Å². The average Bonchev–Trinajstić information content (AvgIpc) is 2.98. The number of benzene rings is 1. The molecule has 160 valence electrons. The lowest BCUT2D eigenvalue weighted by Gasteiger charge is -2.29. The first-order chi connectivity index (χ1) is 13.9. The Morgan fingerprint density at radius 2 is 1.97 bits per heavy atom. The maximum Gasteiger partial charge on any atom is 0.297 e. The van der Waals surface area contributed by atoms with Crippen molar-refractivity contribution in [3.8, 4) is 11.8 Å². The number of carbonyl (C=O) groups is 1. The molecule has 1 aliphatic carbocycles. The van der Waals surface area contributed by atoms with Gasteiger partial charge in [0.25, 0.3) is 6.01 Å². The third-order valence-electron chi connectivity index (χ3n) is 5.33. The molecule has 1 aliphatic rings. The Morgan fingerprint density at radius 1 is 1.28 bits per heavy atom. The van der Waals surface area contributed by atoms with E-state index >= 15 is 0 Å². The number of imidazole rings is 1. The molecule has 29 heavy (non-hydrogen) atoms. The van der Waals surface area contributed by atoms with Crippen LogP contribution in [0.3, 0.4) is 0 Å². The number of hydrogen-bond donors (Lipinski definition) is 0. The van der Waals surface area contributed by atoms with Crippen molar-refractivity contribution < 1.29 is 23.4 Å². The number of ether oxygens (including phenoxy) is 3. The topological polar surface area (TPSA) is 62.6 Å². The van der Waals surface area contributed by atoms with Crippen molar-refractivity contribution in [2.45, 2.75) is 65.1 Å². The first-order valence-electron chi connectivity index (χ1n) is 10.4. The molecule has 0 spiro atoms. The van der Waals surface area contributed by atoms with Crippen LogP contribution in [0.5, 0.6) is 11.8 Å². The van der Waals surface area contributed by atoms with E-state index in [4.69, 9.17) is 14.2 Å². The summed E-state index contributed by atoms with van der Waals surface area (Å²) in [6.07, 6.45) is 4.34. The van der Waals surface area contributed by atoms with Crippen molar-refractivity contribution >= 4 is 16.8 Å². The summed E-state index contributed by atoms with van der Waals surface area (Å²) in [6.45, 7) is 6.61. The van der Waals surface area contributed by atoms with E-state index in [1.54, 1.807) is 17.6 Å². The van der Waals surface area contributed by atoms with Gasteiger partial charge in [0.2, 0.25) is 0 Å². The van der Waals surface area contributed by atoms with E-state index in [0.717, 1.165) is 25.7 Å². The molecule has 1 aromatic heterocycles. The molecule has 0 bridgehead atoms. The van der Waals surface area contributed by atoms with Crippen LogP contribution < -0.4 is 9.47 Å². The minimum atomic E-state index is -0.409. The Labute approximate surface area is 171 Å². The molecule has 0 N–H and O–H groups in total. The van der Waals surface area contributed by atoms with Gasteiger partial charge in [-0.05, 0) is 45.4 Å². The van der Waals surface area contributed by atoms with Crippen LogP contribution in [-0.2, 0) is 16.6 Å². The molecule has 2 aromatic rings. The van der Waals surface area contributed by atoms with Crippen LogP contribution in [0.1, 0.15) is 52.9 Å². The number of rotatable bonds is 9. The van der Waals surface area contributed by atoms with Gasteiger partial charge in [0.1, 0.15) is 23.2 Å². The zero-order valence-corrected chi connectivity index (χ0v) is 17.7. The predicted molar refractivity (Wildman–Crippen MR) is 109 cm³/mol. The fourth-order valence-corrected chi connectivity index (χ4v) is 3.87. The van der Waals surface area contributed by atoms with Crippen LogP contribution in [0, 0.1) is 11.7 Å². The summed E-state index contributed by atoms with van der Waals surface area (Å²) in [5.41, 5.74) is 0.947. The summed E-state index contributed by atoms with van der Waals surface area (Å²) in [7, 11) is 1.82. The van der Waals surface area contributed by atoms with Crippen LogP contribution in [0.2, 0.25) is 0 Å². The highest BCUT2D eigenvalue weighted by atomic mass is 19.1. The molecule has 0 aliphatic heterocycles. The van der Waals surface area contributed by atoms with Crippen LogP contribution in [0.4, 0.5) is 4.39 Å². The van der Waals surface area contributed by atoms with Gasteiger partial charge in [-0.1, -0.05) is 6.92 Å². The van der Waals surface area contributed by atoms with Crippen LogP contribution >= 0.6 is 0 Å². The minimum Gasteiger partial charge on any atom is -0.494 e. The Kier molecular flexibility index (Phi) is 7.11. The third kappa shape index (κ3) is 5.47. The van der Waals surface area contributed by atoms with Gasteiger partial charge in [-0.25, -0.2) is 4.39 Å². The fourth-order valence-electron chi connectivity index (χ4n) is 3.87. The molecule has 7 heteroatoms. The predicted octanol–water partition coefficient (Wildman–Crippen LogP) is 4.43. The molecule has 1 saturated carbocycles. The van der Waals surface area contributed by atoms with E-state index in [0.29, 0.717) is 42.4 Å². The lowest BCUT2D eigenvalue weighted by molar-refractivity contribution is -0.118. The highest BCUT2D eigenvalue weighted by molar-refractivity contribution is 5.79. The number of ketones is 1. The molecular formula is C22H31FN2O4. The summed E-state index contributed by atoms with van der Waals surface area (Å²) in [6, 6.07) is 3.57. The lowest BCUT2D eigenvalue weighted by atomic mass is 9.95. The van der Waals surface area contributed by atoms with Gasteiger partial charge < -0.3 is 19.0 Å². The fraction of sp³-hybridized carbons (Fsp3) is 0.636. The zero-order chi connectivity index (χ0) is 21.0. The maximum absolute atomic E-state index is 14.4. The Bertz CT molecular complexity index is 843. The van der Waals surface area contributed by atoms with E-state index in [9.17, 15) is 9.18 Å². The van der Waals surface area contributed by atoms with E-state index in [2.05, 4.69) is 4.98 Å². The van der Waals surface area contributed by atoms with Gasteiger partial charge in [0.15, 0.2) is 5.82 Å². The number of halogens is 1.